The Morgan fingerprint density at radius 2 is 1.65 bits per heavy atom. The van der Waals surface area contributed by atoms with Crippen LogP contribution >= 0.6 is 27.5 Å². The minimum absolute atomic E-state index is 0.623. The molecule has 0 amide bonds. The summed E-state index contributed by atoms with van der Waals surface area (Å²) in [6.45, 7) is 1.76. The third-order valence-corrected chi connectivity index (χ3v) is 3.50. The van der Waals surface area contributed by atoms with Gasteiger partial charge in [0.25, 0.3) is 0 Å². The molecule has 0 radical (unpaired) electrons. The van der Waals surface area contributed by atoms with Gasteiger partial charge in [0.15, 0.2) is 0 Å². The molecule has 1 N–H and O–H groups in total. The second kappa shape index (κ2) is 4.81. The molecule has 0 saturated heterocycles. The van der Waals surface area contributed by atoms with E-state index in [1.54, 1.807) is 19.1 Å². The summed E-state index contributed by atoms with van der Waals surface area (Å²) in [5.74, 6) is 0. The van der Waals surface area contributed by atoms with Crippen molar-refractivity contribution < 1.29 is 5.11 Å². The van der Waals surface area contributed by atoms with Crippen LogP contribution in [0.1, 0.15) is 18.1 Å². The van der Waals surface area contributed by atoms with Crippen molar-refractivity contribution >= 4 is 27.5 Å². The summed E-state index contributed by atoms with van der Waals surface area (Å²) in [5.41, 5.74) is 0.562. The van der Waals surface area contributed by atoms with Crippen LogP contribution in [0.4, 0.5) is 0 Å². The zero-order chi connectivity index (χ0) is 12.5. The first-order valence-corrected chi connectivity index (χ1v) is 6.42. The van der Waals surface area contributed by atoms with E-state index in [2.05, 4.69) is 15.9 Å². The smallest absolute Gasteiger partial charge is 0.112 e. The van der Waals surface area contributed by atoms with E-state index >= 15 is 0 Å². The predicted octanol–water partition coefficient (Wildman–Crippen LogP) is 4.36. The van der Waals surface area contributed by atoms with E-state index in [-0.39, 0.29) is 0 Å². The molecule has 1 nitrogen and oxygen atoms in total. The van der Waals surface area contributed by atoms with Gasteiger partial charge in [-0.2, -0.15) is 0 Å². The third kappa shape index (κ3) is 2.71. The maximum absolute atomic E-state index is 10.6. The van der Waals surface area contributed by atoms with E-state index in [1.807, 2.05) is 36.4 Å². The summed E-state index contributed by atoms with van der Waals surface area (Å²) in [6, 6.07) is 14.9. The summed E-state index contributed by atoms with van der Waals surface area (Å²) >= 11 is 9.35. The molecule has 2 aromatic carbocycles. The van der Waals surface area contributed by atoms with E-state index in [0.29, 0.717) is 5.02 Å². The summed E-state index contributed by atoms with van der Waals surface area (Å²) in [6.07, 6.45) is 0. The molecule has 2 rings (SSSR count). The lowest BCUT2D eigenvalue weighted by Crippen LogP contribution is -2.22. The van der Waals surface area contributed by atoms with Crippen LogP contribution in [-0.2, 0) is 5.60 Å². The van der Waals surface area contributed by atoms with Gasteiger partial charge < -0.3 is 5.11 Å². The summed E-state index contributed by atoms with van der Waals surface area (Å²) in [7, 11) is 0. The molecule has 0 bridgehead atoms. The second-order valence-electron chi connectivity index (χ2n) is 4.09. The standard InChI is InChI=1S/C14H12BrClO/c1-14(17,10-4-2-6-12(15)8-10)11-5-3-7-13(16)9-11/h2-9,17H,1H3. The van der Waals surface area contributed by atoms with Gasteiger partial charge in [0.1, 0.15) is 5.60 Å². The lowest BCUT2D eigenvalue weighted by molar-refractivity contribution is 0.102. The molecule has 0 spiro atoms. The van der Waals surface area contributed by atoms with Crippen molar-refractivity contribution in [3.05, 3.63) is 69.2 Å². The molecular weight excluding hydrogens is 300 g/mol. The molecule has 0 aliphatic heterocycles. The van der Waals surface area contributed by atoms with Gasteiger partial charge in [-0.05, 0) is 42.3 Å². The molecule has 0 fully saturated rings. The van der Waals surface area contributed by atoms with Gasteiger partial charge in [-0.25, -0.2) is 0 Å². The van der Waals surface area contributed by atoms with Crippen LogP contribution in [0.25, 0.3) is 0 Å². The highest BCUT2D eigenvalue weighted by atomic mass is 79.9. The lowest BCUT2D eigenvalue weighted by Gasteiger charge is -2.25. The average molecular weight is 312 g/mol. The fourth-order valence-corrected chi connectivity index (χ4v) is 2.34. The molecule has 2 aromatic rings. The molecule has 17 heavy (non-hydrogen) atoms. The van der Waals surface area contributed by atoms with Crippen LogP contribution in [-0.4, -0.2) is 5.11 Å². The van der Waals surface area contributed by atoms with Gasteiger partial charge in [0.05, 0.1) is 0 Å². The van der Waals surface area contributed by atoms with Crippen molar-refractivity contribution in [2.24, 2.45) is 0 Å². The molecular formula is C14H12BrClO. The Bertz CT molecular complexity index is 490. The van der Waals surface area contributed by atoms with Crippen LogP contribution in [0.5, 0.6) is 0 Å². The summed E-state index contributed by atoms with van der Waals surface area (Å²) in [4.78, 5) is 0. The summed E-state index contributed by atoms with van der Waals surface area (Å²) in [5, 5.41) is 11.2. The number of benzene rings is 2. The first kappa shape index (κ1) is 12.6. The Kier molecular flexibility index (Phi) is 3.57. The number of rotatable bonds is 2. The van der Waals surface area contributed by atoms with Gasteiger partial charge in [-0.1, -0.05) is 51.8 Å². The highest BCUT2D eigenvalue weighted by molar-refractivity contribution is 9.10. The SMILES string of the molecule is CC(O)(c1cccc(Cl)c1)c1cccc(Br)c1. The second-order valence-corrected chi connectivity index (χ2v) is 5.45. The van der Waals surface area contributed by atoms with Crippen LogP contribution in [0, 0.1) is 0 Å². The van der Waals surface area contributed by atoms with Crippen LogP contribution in [0.2, 0.25) is 5.02 Å². The van der Waals surface area contributed by atoms with Crippen molar-refractivity contribution in [1.29, 1.82) is 0 Å². The normalized spacial score (nSPS) is 14.4. The number of hydrogen-bond donors (Lipinski definition) is 1. The topological polar surface area (TPSA) is 20.2 Å². The fraction of sp³-hybridized carbons (Fsp3) is 0.143. The maximum atomic E-state index is 10.6. The van der Waals surface area contributed by atoms with Crippen LogP contribution < -0.4 is 0 Å². The molecule has 3 heteroatoms. The average Bonchev–Trinajstić information content (AvgIpc) is 2.29. The summed E-state index contributed by atoms with van der Waals surface area (Å²) < 4.78 is 0.942. The van der Waals surface area contributed by atoms with Crippen LogP contribution in [0.3, 0.4) is 0 Å². The monoisotopic (exact) mass is 310 g/mol. The Hall–Kier alpha value is -0.830. The first-order valence-electron chi connectivity index (χ1n) is 5.24. The van der Waals surface area contributed by atoms with Crippen LogP contribution in [0.15, 0.2) is 53.0 Å². The van der Waals surface area contributed by atoms with Gasteiger partial charge in [-0.15, -0.1) is 0 Å². The molecule has 0 aliphatic carbocycles. The maximum Gasteiger partial charge on any atom is 0.112 e. The minimum atomic E-state index is -1.05. The van der Waals surface area contributed by atoms with Crippen molar-refractivity contribution in [2.75, 3.05) is 0 Å². The molecule has 1 unspecified atom stereocenters. The zero-order valence-corrected chi connectivity index (χ0v) is 11.7. The largest absolute Gasteiger partial charge is 0.381 e. The molecule has 1 atom stereocenters. The molecule has 88 valence electrons. The first-order chi connectivity index (χ1) is 8.00. The predicted molar refractivity (Wildman–Crippen MR) is 74.3 cm³/mol. The minimum Gasteiger partial charge on any atom is -0.381 e. The van der Waals surface area contributed by atoms with E-state index in [1.165, 1.54) is 0 Å². The molecule has 0 heterocycles. The van der Waals surface area contributed by atoms with Gasteiger partial charge in [-0.3, -0.25) is 0 Å². The fourth-order valence-electron chi connectivity index (χ4n) is 1.75. The molecule has 0 aliphatic rings. The van der Waals surface area contributed by atoms with E-state index in [0.717, 1.165) is 15.6 Å². The Morgan fingerprint density at radius 1 is 1.06 bits per heavy atom. The van der Waals surface area contributed by atoms with E-state index in [4.69, 9.17) is 11.6 Å². The van der Waals surface area contributed by atoms with Gasteiger partial charge in [0, 0.05) is 9.50 Å². The van der Waals surface area contributed by atoms with Gasteiger partial charge in [0.2, 0.25) is 0 Å². The number of hydrogen-bond acceptors (Lipinski definition) is 1. The van der Waals surface area contributed by atoms with Crippen molar-refractivity contribution in [1.82, 2.24) is 0 Å². The van der Waals surface area contributed by atoms with E-state index < -0.39 is 5.60 Å². The van der Waals surface area contributed by atoms with Crippen molar-refractivity contribution in [2.45, 2.75) is 12.5 Å². The zero-order valence-electron chi connectivity index (χ0n) is 9.32. The number of aliphatic hydroxyl groups is 1. The Morgan fingerprint density at radius 3 is 2.24 bits per heavy atom. The highest BCUT2D eigenvalue weighted by Gasteiger charge is 2.25. The molecule has 0 aromatic heterocycles. The van der Waals surface area contributed by atoms with Crippen molar-refractivity contribution in [3.8, 4) is 0 Å². The number of halogens is 2. The lowest BCUT2D eigenvalue weighted by atomic mass is 9.88. The highest BCUT2D eigenvalue weighted by Crippen LogP contribution is 2.31. The third-order valence-electron chi connectivity index (χ3n) is 2.77. The van der Waals surface area contributed by atoms with Crippen molar-refractivity contribution in [3.63, 3.8) is 0 Å². The Labute approximate surface area is 114 Å². The van der Waals surface area contributed by atoms with Gasteiger partial charge >= 0.3 is 0 Å². The van der Waals surface area contributed by atoms with E-state index in [9.17, 15) is 5.11 Å². The quantitative estimate of drug-likeness (QED) is 0.874. The molecule has 0 saturated carbocycles. The Balaban J connectivity index is 2.49.